The Labute approximate surface area is 125 Å². The predicted octanol–water partition coefficient (Wildman–Crippen LogP) is 3.13. The molecule has 20 heavy (non-hydrogen) atoms. The van der Waals surface area contributed by atoms with Gasteiger partial charge in [0.05, 0.1) is 5.60 Å². The SMILES string of the molecule is CCc1ccc(CNC2CCOC3(CCOCC3)C2)s1. The van der Waals surface area contributed by atoms with E-state index in [9.17, 15) is 0 Å². The third kappa shape index (κ3) is 3.42. The summed E-state index contributed by atoms with van der Waals surface area (Å²) in [7, 11) is 0. The summed E-state index contributed by atoms with van der Waals surface area (Å²) in [5.74, 6) is 0. The van der Waals surface area contributed by atoms with Crippen molar-refractivity contribution in [2.75, 3.05) is 19.8 Å². The molecule has 112 valence electrons. The van der Waals surface area contributed by atoms with Gasteiger partial charge in [0.2, 0.25) is 0 Å². The van der Waals surface area contributed by atoms with Gasteiger partial charge >= 0.3 is 0 Å². The van der Waals surface area contributed by atoms with Crippen LogP contribution in [-0.4, -0.2) is 31.5 Å². The lowest BCUT2D eigenvalue weighted by atomic mass is 9.84. The molecule has 4 heteroatoms. The molecule has 0 aliphatic carbocycles. The van der Waals surface area contributed by atoms with Crippen molar-refractivity contribution < 1.29 is 9.47 Å². The molecule has 1 atom stereocenters. The van der Waals surface area contributed by atoms with E-state index < -0.39 is 0 Å². The van der Waals surface area contributed by atoms with Gasteiger partial charge in [-0.05, 0) is 44.2 Å². The van der Waals surface area contributed by atoms with Crippen molar-refractivity contribution in [3.8, 4) is 0 Å². The van der Waals surface area contributed by atoms with E-state index in [0.29, 0.717) is 6.04 Å². The minimum atomic E-state index is 0.0954. The largest absolute Gasteiger partial charge is 0.381 e. The highest BCUT2D eigenvalue weighted by molar-refractivity contribution is 7.11. The Morgan fingerprint density at radius 3 is 2.80 bits per heavy atom. The number of aryl methyl sites for hydroxylation is 1. The van der Waals surface area contributed by atoms with E-state index in [1.165, 1.54) is 9.75 Å². The van der Waals surface area contributed by atoms with Gasteiger partial charge in [0.25, 0.3) is 0 Å². The van der Waals surface area contributed by atoms with Gasteiger partial charge in [-0.15, -0.1) is 11.3 Å². The lowest BCUT2D eigenvalue weighted by Crippen LogP contribution is -2.49. The van der Waals surface area contributed by atoms with Crippen molar-refractivity contribution in [1.82, 2.24) is 5.32 Å². The molecule has 1 aromatic heterocycles. The lowest BCUT2D eigenvalue weighted by molar-refractivity contribution is -0.140. The molecule has 0 saturated carbocycles. The van der Waals surface area contributed by atoms with Gasteiger partial charge in [-0.2, -0.15) is 0 Å². The Bertz CT molecular complexity index is 420. The second kappa shape index (κ2) is 6.56. The van der Waals surface area contributed by atoms with E-state index in [4.69, 9.17) is 9.47 Å². The third-order valence-electron chi connectivity index (χ3n) is 4.53. The Morgan fingerprint density at radius 1 is 1.25 bits per heavy atom. The summed E-state index contributed by atoms with van der Waals surface area (Å²) >= 11 is 1.93. The highest BCUT2D eigenvalue weighted by atomic mass is 32.1. The van der Waals surface area contributed by atoms with Crippen LogP contribution >= 0.6 is 11.3 Å². The zero-order valence-corrected chi connectivity index (χ0v) is 13.1. The van der Waals surface area contributed by atoms with Gasteiger partial charge in [0.15, 0.2) is 0 Å². The smallest absolute Gasteiger partial charge is 0.0741 e. The monoisotopic (exact) mass is 295 g/mol. The van der Waals surface area contributed by atoms with Gasteiger partial charge in [0.1, 0.15) is 0 Å². The maximum absolute atomic E-state index is 6.09. The number of ether oxygens (including phenoxy) is 2. The summed E-state index contributed by atoms with van der Waals surface area (Å²) in [5, 5.41) is 3.74. The van der Waals surface area contributed by atoms with E-state index in [1.807, 2.05) is 11.3 Å². The minimum Gasteiger partial charge on any atom is -0.381 e. The quantitative estimate of drug-likeness (QED) is 0.926. The van der Waals surface area contributed by atoms with Crippen molar-refractivity contribution in [3.63, 3.8) is 0 Å². The third-order valence-corrected chi connectivity index (χ3v) is 5.76. The molecular weight excluding hydrogens is 270 g/mol. The molecule has 3 rings (SSSR count). The molecule has 2 aliphatic heterocycles. The van der Waals surface area contributed by atoms with Crippen LogP contribution in [0.2, 0.25) is 0 Å². The van der Waals surface area contributed by atoms with E-state index in [2.05, 4.69) is 24.4 Å². The number of hydrogen-bond acceptors (Lipinski definition) is 4. The summed E-state index contributed by atoms with van der Waals surface area (Å²) in [6, 6.07) is 5.11. The summed E-state index contributed by atoms with van der Waals surface area (Å²) in [6.07, 6.45) is 5.54. The van der Waals surface area contributed by atoms with Crippen molar-refractivity contribution in [3.05, 3.63) is 21.9 Å². The number of hydrogen-bond donors (Lipinski definition) is 1. The van der Waals surface area contributed by atoms with Crippen LogP contribution in [0.15, 0.2) is 12.1 Å². The molecular formula is C16H25NO2S. The van der Waals surface area contributed by atoms with Crippen LogP contribution in [0.3, 0.4) is 0 Å². The molecule has 1 unspecified atom stereocenters. The van der Waals surface area contributed by atoms with Crippen molar-refractivity contribution in [1.29, 1.82) is 0 Å². The second-order valence-electron chi connectivity index (χ2n) is 5.94. The summed E-state index contributed by atoms with van der Waals surface area (Å²) in [4.78, 5) is 2.93. The van der Waals surface area contributed by atoms with Crippen molar-refractivity contribution in [2.45, 2.75) is 57.2 Å². The van der Waals surface area contributed by atoms with Gasteiger partial charge in [0, 0.05) is 42.2 Å². The van der Waals surface area contributed by atoms with Gasteiger partial charge in [-0.3, -0.25) is 0 Å². The maximum Gasteiger partial charge on any atom is 0.0741 e. The van der Waals surface area contributed by atoms with Gasteiger partial charge < -0.3 is 14.8 Å². The molecule has 2 saturated heterocycles. The summed E-state index contributed by atoms with van der Waals surface area (Å²) in [6.45, 7) is 5.83. The summed E-state index contributed by atoms with van der Waals surface area (Å²) in [5.41, 5.74) is 0.0954. The molecule has 0 bridgehead atoms. The van der Waals surface area contributed by atoms with Crippen molar-refractivity contribution in [2.24, 2.45) is 0 Å². The Kier molecular flexibility index (Phi) is 4.76. The predicted molar refractivity (Wildman–Crippen MR) is 82.3 cm³/mol. The molecule has 2 aliphatic rings. The first-order chi connectivity index (χ1) is 9.80. The lowest BCUT2D eigenvalue weighted by Gasteiger charge is -2.43. The first kappa shape index (κ1) is 14.5. The van der Waals surface area contributed by atoms with E-state index >= 15 is 0 Å². The highest BCUT2D eigenvalue weighted by Crippen LogP contribution is 2.34. The van der Waals surface area contributed by atoms with E-state index in [0.717, 1.165) is 58.5 Å². The van der Waals surface area contributed by atoms with Crippen LogP contribution in [0, 0.1) is 0 Å². The Morgan fingerprint density at radius 2 is 2.05 bits per heavy atom. The minimum absolute atomic E-state index is 0.0954. The van der Waals surface area contributed by atoms with E-state index in [1.54, 1.807) is 0 Å². The molecule has 2 fully saturated rings. The average Bonchev–Trinajstić information content (AvgIpc) is 2.94. The Balaban J connectivity index is 1.52. The van der Waals surface area contributed by atoms with Crippen LogP contribution in [0.25, 0.3) is 0 Å². The van der Waals surface area contributed by atoms with Crippen LogP contribution in [0.5, 0.6) is 0 Å². The fourth-order valence-electron chi connectivity index (χ4n) is 3.25. The zero-order valence-electron chi connectivity index (χ0n) is 12.3. The first-order valence-electron chi connectivity index (χ1n) is 7.82. The first-order valence-corrected chi connectivity index (χ1v) is 8.64. The highest BCUT2D eigenvalue weighted by Gasteiger charge is 2.38. The van der Waals surface area contributed by atoms with Crippen LogP contribution in [0.4, 0.5) is 0 Å². The molecule has 1 N–H and O–H groups in total. The van der Waals surface area contributed by atoms with Gasteiger partial charge in [-0.25, -0.2) is 0 Å². The topological polar surface area (TPSA) is 30.5 Å². The molecule has 0 radical (unpaired) electrons. The zero-order chi connectivity index (χ0) is 13.8. The standard InChI is InChI=1S/C16H25NO2S/c1-2-14-3-4-15(20-14)12-17-13-5-8-19-16(11-13)6-9-18-10-7-16/h3-4,13,17H,2,5-12H2,1H3. The van der Waals surface area contributed by atoms with Crippen LogP contribution in [-0.2, 0) is 22.4 Å². The fraction of sp³-hybridized carbons (Fsp3) is 0.750. The van der Waals surface area contributed by atoms with Crippen molar-refractivity contribution >= 4 is 11.3 Å². The maximum atomic E-state index is 6.09. The molecule has 1 aromatic rings. The van der Waals surface area contributed by atoms with E-state index in [-0.39, 0.29) is 5.60 Å². The molecule has 3 nitrogen and oxygen atoms in total. The Hall–Kier alpha value is -0.420. The van der Waals surface area contributed by atoms with Crippen LogP contribution < -0.4 is 5.32 Å². The number of nitrogens with one attached hydrogen (secondary N) is 1. The summed E-state index contributed by atoms with van der Waals surface area (Å²) < 4.78 is 11.6. The van der Waals surface area contributed by atoms with Gasteiger partial charge in [-0.1, -0.05) is 6.92 Å². The number of rotatable bonds is 4. The normalized spacial score (nSPS) is 25.9. The molecule has 0 aromatic carbocycles. The molecule has 1 spiro atoms. The number of thiophene rings is 1. The second-order valence-corrected chi connectivity index (χ2v) is 7.19. The molecule has 0 amide bonds. The van der Waals surface area contributed by atoms with Crippen LogP contribution in [0.1, 0.15) is 42.4 Å². The fourth-order valence-corrected chi connectivity index (χ4v) is 4.15. The molecule has 3 heterocycles. The average molecular weight is 295 g/mol.